The number of hydrogen-bond acceptors (Lipinski definition) is 9. The molecular formula is C31H33F2N5O7. The average Bonchev–Trinajstić information content (AvgIpc) is 3.64. The Balaban J connectivity index is 1.24. The highest BCUT2D eigenvalue weighted by Gasteiger charge is 2.36. The zero-order valence-electron chi connectivity index (χ0n) is 25.3. The number of carbonyl (C=O) groups is 3. The van der Waals surface area contributed by atoms with Crippen molar-refractivity contribution in [3.63, 3.8) is 0 Å². The molecule has 3 aliphatic rings. The highest BCUT2D eigenvalue weighted by molar-refractivity contribution is 5.98. The fourth-order valence-corrected chi connectivity index (χ4v) is 6.27. The van der Waals surface area contributed by atoms with Gasteiger partial charge in [0.15, 0.2) is 11.6 Å². The number of carbonyl (C=O) groups excluding carboxylic acids is 3. The molecule has 4 heterocycles. The first-order chi connectivity index (χ1) is 21.5. The number of amides is 2. The minimum Gasteiger partial charge on any atom is -0.487 e. The third-order valence-electron chi connectivity index (χ3n) is 8.65. The van der Waals surface area contributed by atoms with Crippen LogP contribution < -0.4 is 30.2 Å². The van der Waals surface area contributed by atoms with Crippen LogP contribution in [0.25, 0.3) is 10.9 Å². The van der Waals surface area contributed by atoms with Crippen LogP contribution in [-0.4, -0.2) is 81.6 Å². The molecule has 14 heteroatoms. The first-order valence-electron chi connectivity index (χ1n) is 14.6. The number of aromatic nitrogens is 1. The van der Waals surface area contributed by atoms with Gasteiger partial charge >= 0.3 is 12.1 Å². The van der Waals surface area contributed by atoms with Crippen LogP contribution in [-0.2, 0) is 14.3 Å². The number of methoxy groups -OCH3 is 1. The van der Waals surface area contributed by atoms with E-state index in [9.17, 15) is 19.2 Å². The maximum atomic E-state index is 15.8. The van der Waals surface area contributed by atoms with E-state index in [-0.39, 0.29) is 60.1 Å². The summed E-state index contributed by atoms with van der Waals surface area (Å²) in [6.07, 6.45) is 0.853. The molecule has 2 unspecified atom stereocenters. The largest absolute Gasteiger partial charge is 0.487 e. The second-order valence-electron chi connectivity index (χ2n) is 11.6. The van der Waals surface area contributed by atoms with Crippen LogP contribution in [0.3, 0.4) is 0 Å². The predicted molar refractivity (Wildman–Crippen MR) is 161 cm³/mol. The van der Waals surface area contributed by atoms with E-state index in [1.54, 1.807) is 28.6 Å². The maximum absolute atomic E-state index is 15.8. The van der Waals surface area contributed by atoms with E-state index in [1.807, 2.05) is 11.8 Å². The van der Waals surface area contributed by atoms with E-state index in [1.165, 1.54) is 31.2 Å². The van der Waals surface area contributed by atoms with Crippen molar-refractivity contribution in [3.05, 3.63) is 57.9 Å². The Morgan fingerprint density at radius 2 is 1.93 bits per heavy atom. The molecule has 45 heavy (non-hydrogen) atoms. The van der Waals surface area contributed by atoms with Crippen LogP contribution in [0.15, 0.2) is 35.3 Å². The number of benzene rings is 2. The summed E-state index contributed by atoms with van der Waals surface area (Å²) in [4.78, 5) is 54.0. The fraction of sp³-hybridized carbons (Fsp3) is 0.419. The molecule has 3 atom stereocenters. The number of cyclic esters (lactones) is 1. The smallest absolute Gasteiger partial charge is 0.414 e. The first kappa shape index (κ1) is 30.2. The SMILES string of the molecule is COC(=O)c1cn2c3c(c(N4CCC(N(C)c5ccc(N6C[C@H](CNC(C)=O)OC6=O)cc5F)C4)c(F)cc3c1=O)OCC2C. The highest BCUT2D eigenvalue weighted by atomic mass is 19.1. The molecule has 12 nitrogen and oxygen atoms in total. The van der Waals surface area contributed by atoms with Gasteiger partial charge in [0.05, 0.1) is 48.5 Å². The molecule has 0 bridgehead atoms. The lowest BCUT2D eigenvalue weighted by molar-refractivity contribution is -0.119. The second kappa shape index (κ2) is 11.6. The van der Waals surface area contributed by atoms with Gasteiger partial charge in [-0.2, -0.15) is 0 Å². The fourth-order valence-electron chi connectivity index (χ4n) is 6.27. The Kier molecular flexibility index (Phi) is 7.75. The Hall–Kier alpha value is -4.88. The van der Waals surface area contributed by atoms with Gasteiger partial charge in [0.2, 0.25) is 11.3 Å². The summed E-state index contributed by atoms with van der Waals surface area (Å²) in [6.45, 7) is 4.57. The molecule has 0 saturated carbocycles. The molecular weight excluding hydrogens is 592 g/mol. The number of rotatable bonds is 7. The molecule has 2 fully saturated rings. The van der Waals surface area contributed by atoms with Crippen molar-refractivity contribution in [3.8, 4) is 5.75 Å². The van der Waals surface area contributed by atoms with Crippen molar-refractivity contribution >= 4 is 45.9 Å². The zero-order valence-corrected chi connectivity index (χ0v) is 25.3. The summed E-state index contributed by atoms with van der Waals surface area (Å²) in [7, 11) is 2.94. The maximum Gasteiger partial charge on any atom is 0.414 e. The number of likely N-dealkylation sites (N-methyl/N-ethyl adjacent to an activating group) is 1. The number of nitrogens with one attached hydrogen (secondary N) is 1. The van der Waals surface area contributed by atoms with Crippen LogP contribution in [0.2, 0.25) is 0 Å². The van der Waals surface area contributed by atoms with Crippen LogP contribution in [0.4, 0.5) is 30.6 Å². The number of pyridine rings is 1. The molecule has 2 amide bonds. The quantitative estimate of drug-likeness (QED) is 0.395. The third-order valence-corrected chi connectivity index (χ3v) is 8.65. The van der Waals surface area contributed by atoms with Crippen molar-refractivity contribution in [2.24, 2.45) is 0 Å². The molecule has 3 aromatic rings. The molecule has 2 aromatic carbocycles. The lowest BCUT2D eigenvalue weighted by Crippen LogP contribution is -2.36. The van der Waals surface area contributed by atoms with E-state index in [4.69, 9.17) is 14.2 Å². The van der Waals surface area contributed by atoms with E-state index in [0.29, 0.717) is 36.4 Å². The number of ether oxygens (including phenoxy) is 3. The van der Waals surface area contributed by atoms with Gasteiger partial charge in [-0.05, 0) is 37.6 Å². The molecule has 238 valence electrons. The lowest BCUT2D eigenvalue weighted by Gasteiger charge is -2.32. The van der Waals surface area contributed by atoms with Gasteiger partial charge in [0, 0.05) is 39.3 Å². The van der Waals surface area contributed by atoms with Gasteiger partial charge in [0.25, 0.3) is 0 Å². The zero-order chi connectivity index (χ0) is 32.2. The molecule has 0 aliphatic carbocycles. The summed E-state index contributed by atoms with van der Waals surface area (Å²) < 4.78 is 49.1. The summed E-state index contributed by atoms with van der Waals surface area (Å²) in [6, 6.07) is 5.21. The van der Waals surface area contributed by atoms with Crippen molar-refractivity contribution in [2.45, 2.75) is 38.5 Å². The van der Waals surface area contributed by atoms with Crippen molar-refractivity contribution in [1.82, 2.24) is 9.88 Å². The van der Waals surface area contributed by atoms with E-state index in [2.05, 4.69) is 5.32 Å². The lowest BCUT2D eigenvalue weighted by atomic mass is 10.1. The van der Waals surface area contributed by atoms with Gasteiger partial charge in [-0.1, -0.05) is 0 Å². The van der Waals surface area contributed by atoms with E-state index < -0.39 is 35.2 Å². The van der Waals surface area contributed by atoms with Gasteiger partial charge in [0.1, 0.15) is 29.8 Å². The standard InChI is InChI=1S/C31H33F2N5O7/c1-16-15-44-29-26-21(28(40)22(14-37(16)26)30(41)43-4)10-24(33)27(29)36-8-7-19(12-36)35(3)25-6-5-18(9-23(25)32)38-13-20(45-31(38)42)11-34-17(2)39/h5-6,9-10,14,16,19-20H,7-8,11-13,15H2,1-4H3,(H,34,39)/t16?,19?,20-/m0/s1. The molecule has 0 spiro atoms. The third kappa shape index (κ3) is 5.27. The number of anilines is 3. The average molecular weight is 626 g/mol. The molecule has 6 rings (SSSR count). The summed E-state index contributed by atoms with van der Waals surface area (Å²) >= 11 is 0. The topological polar surface area (TPSA) is 123 Å². The normalized spacial score (nSPS) is 20.7. The molecule has 1 aromatic heterocycles. The van der Waals surface area contributed by atoms with Crippen LogP contribution in [0, 0.1) is 11.6 Å². The molecule has 0 radical (unpaired) electrons. The van der Waals surface area contributed by atoms with E-state index >= 15 is 8.78 Å². The Labute approximate surface area is 257 Å². The first-order valence-corrected chi connectivity index (χ1v) is 14.6. The van der Waals surface area contributed by atoms with Gasteiger partial charge < -0.3 is 33.9 Å². The number of hydrogen-bond donors (Lipinski definition) is 1. The van der Waals surface area contributed by atoms with E-state index in [0.717, 1.165) is 6.07 Å². The Bertz CT molecular complexity index is 1780. The number of nitrogens with zero attached hydrogens (tertiary/aromatic N) is 4. The highest BCUT2D eigenvalue weighted by Crippen LogP contribution is 2.43. The van der Waals surface area contributed by atoms with Crippen LogP contribution in [0.5, 0.6) is 5.75 Å². The number of esters is 1. The Morgan fingerprint density at radius 1 is 1.16 bits per heavy atom. The van der Waals surface area contributed by atoms with Gasteiger partial charge in [-0.3, -0.25) is 14.5 Å². The summed E-state index contributed by atoms with van der Waals surface area (Å²) in [5.74, 6) is -2.02. The minimum absolute atomic E-state index is 0.0269. The van der Waals surface area contributed by atoms with Crippen LogP contribution >= 0.6 is 0 Å². The van der Waals surface area contributed by atoms with Crippen molar-refractivity contribution < 1.29 is 37.4 Å². The predicted octanol–water partition coefficient (Wildman–Crippen LogP) is 3.20. The van der Waals surface area contributed by atoms with Crippen LogP contribution in [0.1, 0.15) is 36.7 Å². The minimum atomic E-state index is -0.799. The molecule has 1 N–H and O–H groups in total. The second-order valence-corrected chi connectivity index (χ2v) is 11.6. The van der Waals surface area contributed by atoms with Gasteiger partial charge in [-0.15, -0.1) is 0 Å². The molecule has 3 aliphatic heterocycles. The monoisotopic (exact) mass is 625 g/mol. The number of halogens is 2. The van der Waals surface area contributed by atoms with Gasteiger partial charge in [-0.25, -0.2) is 18.4 Å². The Morgan fingerprint density at radius 3 is 2.64 bits per heavy atom. The summed E-state index contributed by atoms with van der Waals surface area (Å²) in [5, 5.41) is 2.64. The van der Waals surface area contributed by atoms with Crippen molar-refractivity contribution in [1.29, 1.82) is 0 Å². The molecule has 2 saturated heterocycles. The van der Waals surface area contributed by atoms with Crippen molar-refractivity contribution in [2.75, 3.05) is 61.6 Å². The summed E-state index contributed by atoms with van der Waals surface area (Å²) in [5.41, 5.74) is 0.434.